The minimum atomic E-state index is -4.78. The van der Waals surface area contributed by atoms with Crippen LogP contribution < -0.4 is 5.09 Å². The maximum atomic E-state index is 13.9. The van der Waals surface area contributed by atoms with E-state index < -0.39 is 50.2 Å². The molecule has 2 heterocycles. The minimum Gasteiger partial charge on any atom is -0.505 e. The van der Waals surface area contributed by atoms with Gasteiger partial charge in [0.15, 0.2) is 12.4 Å². The Labute approximate surface area is 261 Å². The lowest BCUT2D eigenvalue weighted by Gasteiger charge is -2.25. The second kappa shape index (κ2) is 14.1. The van der Waals surface area contributed by atoms with E-state index in [9.17, 15) is 41.9 Å². The summed E-state index contributed by atoms with van der Waals surface area (Å²) in [6.07, 6.45) is -2.45. The molecule has 4 aromatic rings. The first-order valence-corrected chi connectivity index (χ1v) is 16.0. The number of halogens is 4. The van der Waals surface area contributed by atoms with Gasteiger partial charge in [-0.2, -0.15) is 13.2 Å². The van der Waals surface area contributed by atoms with Gasteiger partial charge in [-0.3, -0.25) is 19.1 Å². The molecule has 3 N–H and O–H groups in total. The van der Waals surface area contributed by atoms with Gasteiger partial charge in [-0.25, -0.2) is 9.48 Å². The molecule has 1 unspecified atom stereocenters. The number of phenolic OH excluding ortho intramolecular Hbond substituents is 1. The number of alkyl halides is 3. The lowest BCUT2D eigenvalue weighted by Crippen LogP contribution is -2.36. The Balaban J connectivity index is 1.62. The normalized spacial score (nSPS) is 13.9. The number of ether oxygens (including phenoxy) is 1. The smallest absolute Gasteiger partial charge is 0.412 e. The second-order valence-electron chi connectivity index (χ2n) is 10.6. The van der Waals surface area contributed by atoms with Gasteiger partial charge in [0.05, 0.1) is 24.1 Å². The predicted octanol–water partition coefficient (Wildman–Crippen LogP) is 5.56. The fourth-order valence-corrected chi connectivity index (χ4v) is 6.87. The van der Waals surface area contributed by atoms with Gasteiger partial charge in [-0.15, -0.1) is 0 Å². The molecule has 2 aromatic carbocycles. The highest BCUT2D eigenvalue weighted by Crippen LogP contribution is 2.46. The number of pyridine rings is 1. The first-order chi connectivity index (χ1) is 21.6. The average molecular weight is 669 g/mol. The molecular formula is C30H33F4N4O7P. The first kappa shape index (κ1) is 34.7. The number of hydrogen-bond acceptors (Lipinski definition) is 8. The molecule has 4 rings (SSSR count). The highest BCUT2D eigenvalue weighted by molar-refractivity contribution is 7.56. The van der Waals surface area contributed by atoms with Gasteiger partial charge in [0.2, 0.25) is 5.88 Å². The van der Waals surface area contributed by atoms with Crippen molar-refractivity contribution < 1.29 is 51.2 Å². The van der Waals surface area contributed by atoms with Crippen molar-refractivity contribution in [3.63, 3.8) is 0 Å². The van der Waals surface area contributed by atoms with Crippen LogP contribution in [0.5, 0.6) is 11.6 Å². The quantitative estimate of drug-likeness (QED) is 0.0948. The van der Waals surface area contributed by atoms with Crippen LogP contribution in [0, 0.1) is 5.82 Å². The Morgan fingerprint density at radius 1 is 1.15 bits per heavy atom. The second-order valence-corrected chi connectivity index (χ2v) is 12.9. The van der Waals surface area contributed by atoms with E-state index in [1.165, 1.54) is 60.1 Å². The number of phenols is 1. The van der Waals surface area contributed by atoms with E-state index in [-0.39, 0.29) is 65.0 Å². The molecule has 16 heteroatoms. The van der Waals surface area contributed by atoms with Gasteiger partial charge in [0, 0.05) is 42.9 Å². The number of esters is 1. The largest absolute Gasteiger partial charge is 0.505 e. The van der Waals surface area contributed by atoms with Crippen molar-refractivity contribution in [2.24, 2.45) is 0 Å². The summed E-state index contributed by atoms with van der Waals surface area (Å²) in [5.41, 5.74) is 0.758. The van der Waals surface area contributed by atoms with Crippen LogP contribution in [0.1, 0.15) is 36.2 Å². The number of fused-ring (bicyclic) bond motifs is 2. The molecule has 0 spiro atoms. The number of amides is 1. The topological polar surface area (TPSA) is 143 Å². The van der Waals surface area contributed by atoms with Crippen LogP contribution in [-0.2, 0) is 25.2 Å². The summed E-state index contributed by atoms with van der Waals surface area (Å²) in [6.45, 7) is 1.00. The van der Waals surface area contributed by atoms with Crippen LogP contribution in [0.25, 0.3) is 21.7 Å². The van der Waals surface area contributed by atoms with Gasteiger partial charge in [0.25, 0.3) is 13.4 Å². The molecular weight excluding hydrogens is 635 g/mol. The van der Waals surface area contributed by atoms with Gasteiger partial charge in [-0.05, 0) is 44.0 Å². The van der Waals surface area contributed by atoms with Crippen LogP contribution in [0.15, 0.2) is 48.8 Å². The van der Waals surface area contributed by atoms with Crippen molar-refractivity contribution in [3.05, 3.63) is 65.7 Å². The van der Waals surface area contributed by atoms with Gasteiger partial charge in [0.1, 0.15) is 17.4 Å². The van der Waals surface area contributed by atoms with E-state index in [1.807, 2.05) is 0 Å². The van der Waals surface area contributed by atoms with Crippen molar-refractivity contribution in [2.45, 2.75) is 39.0 Å². The molecule has 0 radical (unpaired) electrons. The van der Waals surface area contributed by atoms with Gasteiger partial charge < -0.3 is 28.9 Å². The van der Waals surface area contributed by atoms with E-state index >= 15 is 0 Å². The fourth-order valence-electron chi connectivity index (χ4n) is 4.93. The summed E-state index contributed by atoms with van der Waals surface area (Å²) >= 11 is 0. The number of hydrogen-bond donors (Lipinski definition) is 3. The van der Waals surface area contributed by atoms with E-state index in [0.717, 1.165) is 0 Å². The van der Waals surface area contributed by atoms with E-state index in [2.05, 4.69) is 10.1 Å². The Kier molecular flexibility index (Phi) is 10.6. The standard InChI is InChI=1S/C30H33F4N4O7P/c1-4-44-29(42)18(2)36-46(43,45-17-30(32,33)34)14-6-13-37(3)27(40)23-21-7-5-12-35-25(21)26(39)24-22(23)16-38(28(24)41)15-19-8-10-20(31)11-9-19/h5,7-12,16,18,39,41H,4,6,13-15,17H2,1-3H3,(H,36,43)/t18-,46?/m0/s1. The Hall–Kier alpha value is -4.20. The molecule has 1 amide bonds. The molecule has 0 saturated heterocycles. The zero-order valence-corrected chi connectivity index (χ0v) is 26.1. The number of rotatable bonds is 13. The third-order valence-electron chi connectivity index (χ3n) is 7.10. The number of aromatic hydroxyl groups is 2. The van der Waals surface area contributed by atoms with Gasteiger partial charge in [-0.1, -0.05) is 18.2 Å². The number of carbonyl (C=O) groups is 2. The molecule has 0 bridgehead atoms. The van der Waals surface area contributed by atoms with Gasteiger partial charge >= 0.3 is 12.1 Å². The number of carbonyl (C=O) groups excluding carboxylic acids is 2. The van der Waals surface area contributed by atoms with E-state index in [0.29, 0.717) is 5.56 Å². The molecule has 46 heavy (non-hydrogen) atoms. The molecule has 2 atom stereocenters. The monoisotopic (exact) mass is 668 g/mol. The summed E-state index contributed by atoms with van der Waals surface area (Å²) in [5.74, 6) is -2.56. The van der Waals surface area contributed by atoms with Crippen molar-refractivity contribution in [1.29, 1.82) is 0 Å². The van der Waals surface area contributed by atoms with E-state index in [1.54, 1.807) is 19.1 Å². The molecule has 0 aliphatic carbocycles. The van der Waals surface area contributed by atoms with Crippen LogP contribution >= 0.6 is 7.52 Å². The van der Waals surface area contributed by atoms with Crippen molar-refractivity contribution in [2.75, 3.05) is 33.0 Å². The molecule has 0 aliphatic heterocycles. The molecule has 0 fully saturated rings. The molecule has 0 aliphatic rings. The van der Waals surface area contributed by atoms with Crippen LogP contribution in [0.3, 0.4) is 0 Å². The number of benzene rings is 2. The Bertz CT molecular complexity index is 1780. The molecule has 0 saturated carbocycles. The summed E-state index contributed by atoms with van der Waals surface area (Å²) < 4.78 is 76.5. The molecule has 11 nitrogen and oxygen atoms in total. The maximum absolute atomic E-state index is 13.9. The van der Waals surface area contributed by atoms with Crippen LogP contribution in [0.2, 0.25) is 0 Å². The number of nitrogens with zero attached hydrogens (tertiary/aromatic N) is 3. The van der Waals surface area contributed by atoms with Crippen molar-refractivity contribution in [3.8, 4) is 11.6 Å². The predicted molar refractivity (Wildman–Crippen MR) is 161 cm³/mol. The van der Waals surface area contributed by atoms with Crippen LogP contribution in [0.4, 0.5) is 17.6 Å². The zero-order valence-electron chi connectivity index (χ0n) is 25.2. The van der Waals surface area contributed by atoms with Crippen molar-refractivity contribution in [1.82, 2.24) is 19.5 Å². The summed E-state index contributed by atoms with van der Waals surface area (Å²) in [7, 11) is -2.82. The number of aromatic nitrogens is 2. The first-order valence-electron chi connectivity index (χ1n) is 14.2. The average Bonchev–Trinajstić information content (AvgIpc) is 3.32. The molecule has 248 valence electrons. The zero-order chi connectivity index (χ0) is 33.8. The van der Waals surface area contributed by atoms with Crippen molar-refractivity contribution >= 4 is 41.1 Å². The SMILES string of the molecule is CCOC(=O)[C@H](C)NP(=O)(CCCN(C)C(=O)c1c2cccnc2c(O)c2c(O)n(Cc3ccc(F)cc3)cc12)OCC(F)(F)F. The van der Waals surface area contributed by atoms with Crippen LogP contribution in [-0.4, -0.2) is 81.7 Å². The Morgan fingerprint density at radius 2 is 1.85 bits per heavy atom. The van der Waals surface area contributed by atoms with E-state index in [4.69, 9.17) is 9.26 Å². The lowest BCUT2D eigenvalue weighted by molar-refractivity contribution is -0.153. The summed E-state index contributed by atoms with van der Waals surface area (Å²) in [4.78, 5) is 31.4. The minimum absolute atomic E-state index is 0.00754. The maximum Gasteiger partial charge on any atom is 0.412 e. The highest BCUT2D eigenvalue weighted by Gasteiger charge is 2.36. The third kappa shape index (κ3) is 7.95. The summed E-state index contributed by atoms with van der Waals surface area (Å²) in [5, 5.41) is 24.9. The highest BCUT2D eigenvalue weighted by atomic mass is 31.2. The lowest BCUT2D eigenvalue weighted by atomic mass is 10.00. The summed E-state index contributed by atoms with van der Waals surface area (Å²) in [6, 6.07) is 7.47. The third-order valence-corrected chi connectivity index (χ3v) is 9.33. The molecule has 2 aromatic heterocycles. The number of nitrogens with one attached hydrogen (secondary N) is 1. The fraction of sp³-hybridized carbons (Fsp3) is 0.367. The Morgan fingerprint density at radius 3 is 2.50 bits per heavy atom.